The van der Waals surface area contributed by atoms with Gasteiger partial charge in [-0.1, -0.05) is 60.7 Å². The normalized spacial score (nSPS) is 11.9. The first-order valence-electron chi connectivity index (χ1n) is 7.60. The summed E-state index contributed by atoms with van der Waals surface area (Å²) in [7, 11) is 0. The number of amides is 1. The maximum atomic E-state index is 11.7. The second-order valence-corrected chi connectivity index (χ2v) is 5.30. The Morgan fingerprint density at radius 2 is 1.43 bits per heavy atom. The Bertz CT molecular complexity index is 575. The minimum atomic E-state index is -0.191. The van der Waals surface area contributed by atoms with Crippen LogP contribution in [0.2, 0.25) is 0 Å². The van der Waals surface area contributed by atoms with Gasteiger partial charge in [0, 0.05) is 12.5 Å². The molecule has 2 rings (SSSR count). The van der Waals surface area contributed by atoms with E-state index >= 15 is 0 Å². The molecule has 0 saturated heterocycles. The van der Waals surface area contributed by atoms with Crippen LogP contribution in [0, 0.1) is 0 Å². The molecule has 0 unspecified atom stereocenters. The van der Waals surface area contributed by atoms with Crippen LogP contribution in [-0.2, 0) is 27.7 Å². The van der Waals surface area contributed by atoms with Crippen LogP contribution in [0.3, 0.4) is 0 Å². The first-order chi connectivity index (χ1) is 11.2. The largest absolute Gasteiger partial charge is 0.297 e. The van der Waals surface area contributed by atoms with E-state index in [0.29, 0.717) is 13.2 Å². The highest BCUT2D eigenvalue weighted by Crippen LogP contribution is 2.01. The summed E-state index contributed by atoms with van der Waals surface area (Å²) in [5.41, 5.74) is 7.37. The number of carbonyl (C=O) groups is 1. The van der Waals surface area contributed by atoms with Gasteiger partial charge in [-0.3, -0.25) is 14.5 Å². The van der Waals surface area contributed by atoms with Crippen LogP contribution in [0.15, 0.2) is 60.7 Å². The Morgan fingerprint density at radius 3 is 2.00 bits per heavy atom. The molecule has 5 nitrogen and oxygen atoms in total. The summed E-state index contributed by atoms with van der Waals surface area (Å²) in [6.07, 6.45) is 0.267. The van der Waals surface area contributed by atoms with Gasteiger partial charge in [-0.25, -0.2) is 5.48 Å². The van der Waals surface area contributed by atoms with E-state index in [-0.39, 0.29) is 18.4 Å². The van der Waals surface area contributed by atoms with Crippen molar-refractivity contribution < 1.29 is 14.5 Å². The van der Waals surface area contributed by atoms with Crippen LogP contribution in [0.1, 0.15) is 24.5 Å². The first-order valence-corrected chi connectivity index (χ1v) is 7.60. The van der Waals surface area contributed by atoms with Gasteiger partial charge in [-0.2, -0.15) is 5.48 Å². The predicted molar refractivity (Wildman–Crippen MR) is 87.8 cm³/mol. The lowest BCUT2D eigenvalue weighted by Gasteiger charge is -2.13. The summed E-state index contributed by atoms with van der Waals surface area (Å²) in [5, 5.41) is 0. The van der Waals surface area contributed by atoms with Crippen LogP contribution in [0.4, 0.5) is 0 Å². The SMILES string of the molecule is C[C@H](CC(=O)NOCc1ccccc1)NOCc1ccccc1. The monoisotopic (exact) mass is 314 g/mol. The van der Waals surface area contributed by atoms with Crippen molar-refractivity contribution in [1.82, 2.24) is 11.0 Å². The molecule has 0 aromatic heterocycles. The number of nitrogens with one attached hydrogen (secondary N) is 2. The Morgan fingerprint density at radius 1 is 0.913 bits per heavy atom. The zero-order valence-corrected chi connectivity index (χ0v) is 13.2. The lowest BCUT2D eigenvalue weighted by Crippen LogP contribution is -2.33. The molecule has 0 spiro atoms. The van der Waals surface area contributed by atoms with Crippen LogP contribution < -0.4 is 11.0 Å². The van der Waals surface area contributed by atoms with Gasteiger partial charge in [0.05, 0.1) is 13.2 Å². The molecule has 2 aromatic carbocycles. The lowest BCUT2D eigenvalue weighted by molar-refractivity contribution is -0.136. The van der Waals surface area contributed by atoms with Crippen LogP contribution in [-0.4, -0.2) is 11.9 Å². The second kappa shape index (κ2) is 9.74. The van der Waals surface area contributed by atoms with E-state index in [0.717, 1.165) is 11.1 Å². The fourth-order valence-electron chi connectivity index (χ4n) is 1.98. The van der Waals surface area contributed by atoms with Crippen molar-refractivity contribution >= 4 is 5.91 Å². The number of carbonyl (C=O) groups excluding carboxylic acids is 1. The van der Waals surface area contributed by atoms with Crippen LogP contribution in [0.25, 0.3) is 0 Å². The second-order valence-electron chi connectivity index (χ2n) is 5.30. The van der Waals surface area contributed by atoms with Gasteiger partial charge >= 0.3 is 0 Å². The van der Waals surface area contributed by atoms with Gasteiger partial charge in [-0.15, -0.1) is 0 Å². The minimum absolute atomic E-state index is 0.112. The van der Waals surface area contributed by atoms with Crippen LogP contribution >= 0.6 is 0 Å². The summed E-state index contributed by atoms with van der Waals surface area (Å²) < 4.78 is 0. The third kappa shape index (κ3) is 7.06. The highest BCUT2D eigenvalue weighted by atomic mass is 16.7. The topological polar surface area (TPSA) is 59.6 Å². The molecule has 5 heteroatoms. The molecule has 0 bridgehead atoms. The molecule has 0 fully saturated rings. The number of hydroxylamine groups is 2. The van der Waals surface area contributed by atoms with Crippen molar-refractivity contribution in [2.24, 2.45) is 0 Å². The van der Waals surface area contributed by atoms with Crippen LogP contribution in [0.5, 0.6) is 0 Å². The summed E-state index contributed by atoms with van der Waals surface area (Å²) in [5.74, 6) is -0.191. The summed E-state index contributed by atoms with van der Waals surface area (Å²) in [6, 6.07) is 19.4. The maximum absolute atomic E-state index is 11.7. The summed E-state index contributed by atoms with van der Waals surface area (Å²) >= 11 is 0. The van der Waals surface area contributed by atoms with E-state index in [2.05, 4.69) is 11.0 Å². The molecule has 0 aliphatic rings. The fraction of sp³-hybridized carbons (Fsp3) is 0.278. The molecular weight excluding hydrogens is 292 g/mol. The third-order valence-corrected chi connectivity index (χ3v) is 3.13. The van der Waals surface area contributed by atoms with E-state index in [1.54, 1.807) is 0 Å². The third-order valence-electron chi connectivity index (χ3n) is 3.13. The van der Waals surface area contributed by atoms with Gasteiger partial charge in [0.25, 0.3) is 0 Å². The molecule has 0 saturated carbocycles. The zero-order valence-electron chi connectivity index (χ0n) is 13.2. The van der Waals surface area contributed by atoms with Crippen molar-refractivity contribution in [1.29, 1.82) is 0 Å². The van der Waals surface area contributed by atoms with Gasteiger partial charge in [-0.05, 0) is 18.1 Å². The number of benzene rings is 2. The fourth-order valence-corrected chi connectivity index (χ4v) is 1.98. The Kier molecular flexibility index (Phi) is 7.26. The zero-order chi connectivity index (χ0) is 16.3. The number of rotatable bonds is 9. The molecule has 0 radical (unpaired) electrons. The smallest absolute Gasteiger partial charge is 0.245 e. The summed E-state index contributed by atoms with van der Waals surface area (Å²) in [6.45, 7) is 2.68. The maximum Gasteiger partial charge on any atom is 0.245 e. The standard InChI is InChI=1S/C18H22N2O3/c1-15(19-22-13-16-8-4-2-5-9-16)12-18(21)20-23-14-17-10-6-3-7-11-17/h2-11,15,19H,12-14H2,1H3,(H,20,21)/t15-/m1/s1. The van der Waals surface area contributed by atoms with Crippen molar-refractivity contribution in [3.05, 3.63) is 71.8 Å². The molecular formula is C18H22N2O3. The van der Waals surface area contributed by atoms with Crippen molar-refractivity contribution in [3.8, 4) is 0 Å². The highest BCUT2D eigenvalue weighted by Gasteiger charge is 2.09. The lowest BCUT2D eigenvalue weighted by atomic mass is 10.2. The molecule has 122 valence electrons. The van der Waals surface area contributed by atoms with E-state index in [4.69, 9.17) is 9.68 Å². The van der Waals surface area contributed by atoms with E-state index < -0.39 is 0 Å². The Labute approximate surface area is 136 Å². The number of hydrogen-bond donors (Lipinski definition) is 2. The van der Waals surface area contributed by atoms with E-state index in [1.807, 2.05) is 67.6 Å². The van der Waals surface area contributed by atoms with Gasteiger partial charge in [0.1, 0.15) is 0 Å². The average molecular weight is 314 g/mol. The predicted octanol–water partition coefficient (Wildman–Crippen LogP) is 2.73. The minimum Gasteiger partial charge on any atom is -0.297 e. The Balaban J connectivity index is 1.57. The molecule has 0 heterocycles. The van der Waals surface area contributed by atoms with Gasteiger partial charge in [0.15, 0.2) is 0 Å². The van der Waals surface area contributed by atoms with Crippen molar-refractivity contribution in [3.63, 3.8) is 0 Å². The molecule has 0 aliphatic carbocycles. The van der Waals surface area contributed by atoms with E-state index in [9.17, 15) is 4.79 Å². The van der Waals surface area contributed by atoms with Gasteiger partial charge in [0.2, 0.25) is 5.91 Å². The highest BCUT2D eigenvalue weighted by molar-refractivity contribution is 5.75. The molecule has 2 N–H and O–H groups in total. The molecule has 2 aromatic rings. The van der Waals surface area contributed by atoms with E-state index in [1.165, 1.54) is 0 Å². The molecule has 1 amide bonds. The molecule has 23 heavy (non-hydrogen) atoms. The molecule has 1 atom stereocenters. The van der Waals surface area contributed by atoms with Crippen molar-refractivity contribution in [2.75, 3.05) is 0 Å². The average Bonchev–Trinajstić information content (AvgIpc) is 2.57. The quantitative estimate of drug-likeness (QED) is 0.699. The Hall–Kier alpha value is -2.21. The number of hydrogen-bond acceptors (Lipinski definition) is 4. The first kappa shape index (κ1) is 17.1. The summed E-state index contributed by atoms with van der Waals surface area (Å²) in [4.78, 5) is 22.3. The molecule has 0 aliphatic heterocycles. The van der Waals surface area contributed by atoms with Crippen molar-refractivity contribution in [2.45, 2.75) is 32.6 Å². The van der Waals surface area contributed by atoms with Gasteiger partial charge < -0.3 is 0 Å².